The van der Waals surface area contributed by atoms with Crippen LogP contribution in [-0.4, -0.2) is 93.6 Å². The second kappa shape index (κ2) is 10.4. The zero-order chi connectivity index (χ0) is 19.0. The molecule has 2 aliphatic rings. The van der Waals surface area contributed by atoms with Crippen LogP contribution in [0.3, 0.4) is 0 Å². The molecule has 8 nitrogen and oxygen atoms in total. The van der Waals surface area contributed by atoms with E-state index in [1.165, 1.54) is 0 Å². The Kier molecular flexibility index (Phi) is 8.49. The molecule has 0 saturated carbocycles. The molecule has 10 heteroatoms. The summed E-state index contributed by atoms with van der Waals surface area (Å²) in [5, 5.41) is 5.86. The fourth-order valence-corrected chi connectivity index (χ4v) is 5.78. The molecule has 2 heterocycles. The Balaban J connectivity index is 1.75. The lowest BCUT2D eigenvalue weighted by molar-refractivity contribution is -0.121. The molecule has 2 rings (SSSR count). The number of carbonyl (C=O) groups excluding carboxylic acids is 1. The summed E-state index contributed by atoms with van der Waals surface area (Å²) in [6, 6.07) is 0. The van der Waals surface area contributed by atoms with Gasteiger partial charge in [0.05, 0.1) is 5.75 Å². The molecular formula is C16H31N5O3S2. The van der Waals surface area contributed by atoms with E-state index in [-0.39, 0.29) is 11.7 Å². The van der Waals surface area contributed by atoms with E-state index in [0.29, 0.717) is 32.0 Å². The van der Waals surface area contributed by atoms with E-state index in [4.69, 9.17) is 0 Å². The number of hydrogen-bond acceptors (Lipinski definition) is 5. The summed E-state index contributed by atoms with van der Waals surface area (Å²) in [5.74, 6) is 3.07. The maximum absolute atomic E-state index is 12.4. The Bertz CT molecular complexity index is 583. The lowest BCUT2D eigenvalue weighted by atomic mass is 9.93. The number of hydrogen-bond donors (Lipinski definition) is 2. The summed E-state index contributed by atoms with van der Waals surface area (Å²) in [5.41, 5.74) is 0. The van der Waals surface area contributed by atoms with Gasteiger partial charge in [0.25, 0.3) is 0 Å². The van der Waals surface area contributed by atoms with Crippen LogP contribution >= 0.6 is 11.8 Å². The maximum Gasteiger partial charge on any atom is 0.220 e. The Morgan fingerprint density at radius 1 is 1.19 bits per heavy atom. The van der Waals surface area contributed by atoms with Gasteiger partial charge in [0, 0.05) is 64.7 Å². The van der Waals surface area contributed by atoms with E-state index in [2.05, 4.69) is 20.5 Å². The Morgan fingerprint density at radius 2 is 1.85 bits per heavy atom. The van der Waals surface area contributed by atoms with Crippen LogP contribution in [0, 0.1) is 5.92 Å². The third-order valence-electron chi connectivity index (χ3n) is 4.89. The van der Waals surface area contributed by atoms with E-state index in [9.17, 15) is 13.2 Å². The summed E-state index contributed by atoms with van der Waals surface area (Å²) < 4.78 is 26.4. The summed E-state index contributed by atoms with van der Waals surface area (Å²) in [6.07, 6.45) is 2.46. The standard InChI is InChI=1S/C16H31N5O3S2/c1-17-15(22)13-14-3-6-20(7-4-14)16(18-2)19-5-12-26(23,24)21-8-10-25-11-9-21/h14H,3-13H2,1-2H3,(H,17,22)(H,18,19). The molecule has 0 bridgehead atoms. The highest BCUT2D eigenvalue weighted by atomic mass is 32.2. The first kappa shape index (κ1) is 21.3. The van der Waals surface area contributed by atoms with Crippen LogP contribution in [0.1, 0.15) is 19.3 Å². The average molecular weight is 406 g/mol. The summed E-state index contributed by atoms with van der Waals surface area (Å²) >= 11 is 1.80. The van der Waals surface area contributed by atoms with Gasteiger partial charge in [-0.25, -0.2) is 12.7 Å². The zero-order valence-electron chi connectivity index (χ0n) is 15.7. The minimum Gasteiger partial charge on any atom is -0.359 e. The second-order valence-corrected chi connectivity index (χ2v) is 9.92. The minimum absolute atomic E-state index is 0.0871. The van der Waals surface area contributed by atoms with Crippen molar-refractivity contribution in [1.82, 2.24) is 19.8 Å². The van der Waals surface area contributed by atoms with Crippen molar-refractivity contribution < 1.29 is 13.2 Å². The van der Waals surface area contributed by atoms with Crippen molar-refractivity contribution in [2.75, 3.05) is 64.1 Å². The predicted octanol–water partition coefficient (Wildman–Crippen LogP) is -0.211. The van der Waals surface area contributed by atoms with Crippen LogP contribution in [0.15, 0.2) is 4.99 Å². The normalized spacial score (nSPS) is 20.8. The first-order chi connectivity index (χ1) is 12.5. The maximum atomic E-state index is 12.4. The highest BCUT2D eigenvalue weighted by Gasteiger charge is 2.25. The molecule has 0 spiro atoms. The van der Waals surface area contributed by atoms with Crippen LogP contribution in [0.2, 0.25) is 0 Å². The molecule has 0 aromatic rings. The molecule has 1 amide bonds. The van der Waals surface area contributed by atoms with Crippen molar-refractivity contribution in [3.8, 4) is 0 Å². The van der Waals surface area contributed by atoms with Crippen molar-refractivity contribution in [1.29, 1.82) is 0 Å². The second-order valence-electron chi connectivity index (χ2n) is 6.61. The molecule has 26 heavy (non-hydrogen) atoms. The van der Waals surface area contributed by atoms with Gasteiger partial charge >= 0.3 is 0 Å². The number of nitrogens with zero attached hydrogens (tertiary/aromatic N) is 3. The number of likely N-dealkylation sites (tertiary alicyclic amines) is 1. The van der Waals surface area contributed by atoms with Crippen molar-refractivity contribution in [3.05, 3.63) is 0 Å². The number of carbonyl (C=O) groups is 1. The fourth-order valence-electron chi connectivity index (χ4n) is 3.29. The van der Waals surface area contributed by atoms with Gasteiger partial charge in [-0.05, 0) is 18.8 Å². The number of sulfonamides is 1. The number of thioether (sulfide) groups is 1. The molecule has 0 unspecified atom stereocenters. The van der Waals surface area contributed by atoms with E-state index >= 15 is 0 Å². The van der Waals surface area contributed by atoms with Crippen molar-refractivity contribution in [3.63, 3.8) is 0 Å². The Morgan fingerprint density at radius 3 is 2.42 bits per heavy atom. The molecule has 2 aliphatic heterocycles. The van der Waals surface area contributed by atoms with Crippen LogP contribution in [-0.2, 0) is 14.8 Å². The van der Waals surface area contributed by atoms with Crippen LogP contribution in [0.4, 0.5) is 0 Å². The van der Waals surface area contributed by atoms with Crippen LogP contribution in [0.25, 0.3) is 0 Å². The Labute approximate surface area is 161 Å². The van der Waals surface area contributed by atoms with Crippen LogP contribution in [0.5, 0.6) is 0 Å². The molecule has 0 aromatic carbocycles. The smallest absolute Gasteiger partial charge is 0.220 e. The highest BCUT2D eigenvalue weighted by molar-refractivity contribution is 7.99. The topological polar surface area (TPSA) is 94.1 Å². The predicted molar refractivity (Wildman–Crippen MR) is 107 cm³/mol. The van der Waals surface area contributed by atoms with E-state index in [1.807, 2.05) is 0 Å². The quantitative estimate of drug-likeness (QED) is 0.469. The highest BCUT2D eigenvalue weighted by Crippen LogP contribution is 2.20. The summed E-state index contributed by atoms with van der Waals surface area (Å²) in [4.78, 5) is 17.9. The largest absolute Gasteiger partial charge is 0.359 e. The first-order valence-corrected chi connectivity index (χ1v) is 11.9. The number of amides is 1. The van der Waals surface area contributed by atoms with Gasteiger partial charge in [0.1, 0.15) is 0 Å². The minimum atomic E-state index is -3.20. The Hall–Kier alpha value is -1.00. The molecule has 0 radical (unpaired) electrons. The average Bonchev–Trinajstić information content (AvgIpc) is 2.66. The van der Waals surface area contributed by atoms with Gasteiger partial charge in [-0.3, -0.25) is 9.79 Å². The molecule has 2 fully saturated rings. The molecule has 2 saturated heterocycles. The number of nitrogens with one attached hydrogen (secondary N) is 2. The molecule has 0 aromatic heterocycles. The first-order valence-electron chi connectivity index (χ1n) is 9.18. The van der Waals surface area contributed by atoms with Crippen molar-refractivity contribution in [2.45, 2.75) is 19.3 Å². The van der Waals surface area contributed by atoms with Crippen LogP contribution < -0.4 is 10.6 Å². The van der Waals surface area contributed by atoms with E-state index in [0.717, 1.165) is 43.4 Å². The monoisotopic (exact) mass is 405 g/mol. The molecule has 0 aliphatic carbocycles. The third-order valence-corrected chi connectivity index (χ3v) is 7.70. The molecule has 150 valence electrons. The van der Waals surface area contributed by atoms with Gasteiger partial charge in [0.15, 0.2) is 5.96 Å². The number of rotatable bonds is 6. The number of piperidine rings is 1. The van der Waals surface area contributed by atoms with Gasteiger partial charge < -0.3 is 15.5 Å². The number of guanidine groups is 1. The van der Waals surface area contributed by atoms with Gasteiger partial charge in [-0.15, -0.1) is 0 Å². The van der Waals surface area contributed by atoms with Gasteiger partial charge in [0.2, 0.25) is 15.9 Å². The van der Waals surface area contributed by atoms with Crippen molar-refractivity contribution in [2.24, 2.45) is 10.9 Å². The summed E-state index contributed by atoms with van der Waals surface area (Å²) in [6.45, 7) is 3.24. The van der Waals surface area contributed by atoms with E-state index in [1.54, 1.807) is 30.2 Å². The third kappa shape index (κ3) is 6.31. The lowest BCUT2D eigenvalue weighted by Gasteiger charge is -2.34. The lowest BCUT2D eigenvalue weighted by Crippen LogP contribution is -2.48. The number of aliphatic imine (C=N–C) groups is 1. The van der Waals surface area contributed by atoms with E-state index < -0.39 is 10.0 Å². The van der Waals surface area contributed by atoms with Gasteiger partial charge in [-0.1, -0.05) is 0 Å². The SMILES string of the molecule is CN=C(NCCS(=O)(=O)N1CCSCC1)N1CCC(CC(=O)NC)CC1. The molecule has 2 N–H and O–H groups in total. The molecule has 0 atom stereocenters. The summed E-state index contributed by atoms with van der Waals surface area (Å²) in [7, 11) is 0.181. The van der Waals surface area contributed by atoms with Gasteiger partial charge in [-0.2, -0.15) is 11.8 Å². The zero-order valence-corrected chi connectivity index (χ0v) is 17.4. The fraction of sp³-hybridized carbons (Fsp3) is 0.875. The molecular weight excluding hydrogens is 374 g/mol. The van der Waals surface area contributed by atoms with Crippen molar-refractivity contribution >= 4 is 33.7 Å².